The molecule has 0 amide bonds. The van der Waals surface area contributed by atoms with Crippen LogP contribution in [0.5, 0.6) is 0 Å². The van der Waals surface area contributed by atoms with Crippen LogP contribution in [-0.2, 0) is 0 Å². The van der Waals surface area contributed by atoms with Crippen LogP contribution >= 0.6 is 0 Å². The topological polar surface area (TPSA) is 52.0 Å². The molecule has 0 saturated heterocycles. The van der Waals surface area contributed by atoms with E-state index in [0.29, 0.717) is 23.5 Å². The first-order valence-electron chi connectivity index (χ1n) is 6.83. The lowest BCUT2D eigenvalue weighted by Crippen LogP contribution is -2.40. The molecule has 1 N–H and O–H groups in total. The fourth-order valence-corrected chi connectivity index (χ4v) is 2.20. The summed E-state index contributed by atoms with van der Waals surface area (Å²) in [5.74, 6) is 0.690. The summed E-state index contributed by atoms with van der Waals surface area (Å²) in [6, 6.07) is 6.87. The number of aromatic nitrogens is 1. The molecule has 1 aromatic rings. The summed E-state index contributed by atoms with van der Waals surface area (Å²) >= 11 is 0. The fraction of sp³-hybridized carbons (Fsp3) is 0.600. The Kier molecular flexibility index (Phi) is 5.78. The van der Waals surface area contributed by atoms with E-state index in [2.05, 4.69) is 49.0 Å². The number of rotatable bonds is 6. The van der Waals surface area contributed by atoms with Crippen LogP contribution in [0, 0.1) is 18.3 Å². The van der Waals surface area contributed by atoms with E-state index in [-0.39, 0.29) is 0 Å². The quantitative estimate of drug-likeness (QED) is 0.854. The summed E-state index contributed by atoms with van der Waals surface area (Å²) in [6.45, 7) is 12.5. The molecule has 1 aromatic heterocycles. The molecule has 104 valence electrons. The Morgan fingerprint density at radius 1 is 1.26 bits per heavy atom. The number of anilines is 1. The largest absolute Gasteiger partial charge is 0.368 e. The SMILES string of the molecule is Cc1ccc(C#N)c(NCCN(C(C)C)C(C)C)n1. The average molecular weight is 260 g/mol. The first-order valence-corrected chi connectivity index (χ1v) is 6.83. The zero-order chi connectivity index (χ0) is 14.4. The lowest BCUT2D eigenvalue weighted by molar-refractivity contribution is 0.182. The second-order valence-electron chi connectivity index (χ2n) is 5.31. The summed E-state index contributed by atoms with van der Waals surface area (Å²) in [5.41, 5.74) is 1.53. The van der Waals surface area contributed by atoms with Gasteiger partial charge in [-0.15, -0.1) is 0 Å². The van der Waals surface area contributed by atoms with Crippen LogP contribution in [0.3, 0.4) is 0 Å². The van der Waals surface area contributed by atoms with Crippen molar-refractivity contribution in [3.05, 3.63) is 23.4 Å². The number of pyridine rings is 1. The van der Waals surface area contributed by atoms with Crippen LogP contribution in [-0.4, -0.2) is 35.1 Å². The van der Waals surface area contributed by atoms with Gasteiger partial charge in [0.25, 0.3) is 0 Å². The molecule has 4 nitrogen and oxygen atoms in total. The summed E-state index contributed by atoms with van der Waals surface area (Å²) in [4.78, 5) is 6.79. The van der Waals surface area contributed by atoms with Crippen LogP contribution < -0.4 is 5.32 Å². The molecule has 0 saturated carbocycles. The van der Waals surface area contributed by atoms with E-state index in [1.807, 2.05) is 19.1 Å². The number of nitrogens with one attached hydrogen (secondary N) is 1. The number of nitrogens with zero attached hydrogens (tertiary/aromatic N) is 3. The Labute approximate surface area is 116 Å². The predicted molar refractivity (Wildman–Crippen MR) is 79.2 cm³/mol. The molecular weight excluding hydrogens is 236 g/mol. The van der Waals surface area contributed by atoms with Gasteiger partial charge in [-0.3, -0.25) is 4.90 Å². The van der Waals surface area contributed by atoms with Crippen LogP contribution in [0.4, 0.5) is 5.82 Å². The number of hydrogen-bond donors (Lipinski definition) is 1. The van der Waals surface area contributed by atoms with E-state index in [4.69, 9.17) is 5.26 Å². The van der Waals surface area contributed by atoms with Gasteiger partial charge >= 0.3 is 0 Å². The molecule has 1 heterocycles. The Morgan fingerprint density at radius 3 is 2.42 bits per heavy atom. The van der Waals surface area contributed by atoms with Gasteiger partial charge in [0, 0.05) is 30.9 Å². The molecule has 0 aliphatic heterocycles. The molecule has 4 heteroatoms. The van der Waals surface area contributed by atoms with Gasteiger partial charge in [0.15, 0.2) is 0 Å². The molecule has 0 atom stereocenters. The maximum absolute atomic E-state index is 9.05. The van der Waals surface area contributed by atoms with E-state index in [0.717, 1.165) is 18.8 Å². The summed E-state index contributed by atoms with van der Waals surface area (Å²) in [7, 11) is 0. The fourth-order valence-electron chi connectivity index (χ4n) is 2.20. The van der Waals surface area contributed by atoms with Crippen molar-refractivity contribution in [1.82, 2.24) is 9.88 Å². The second kappa shape index (κ2) is 7.10. The highest BCUT2D eigenvalue weighted by Crippen LogP contribution is 2.12. The van der Waals surface area contributed by atoms with Crippen molar-refractivity contribution in [2.75, 3.05) is 18.4 Å². The highest BCUT2D eigenvalue weighted by Gasteiger charge is 2.13. The molecule has 0 aromatic carbocycles. The Balaban J connectivity index is 2.62. The monoisotopic (exact) mass is 260 g/mol. The van der Waals surface area contributed by atoms with Gasteiger partial charge < -0.3 is 5.32 Å². The Bertz CT molecular complexity index is 438. The number of aryl methyl sites for hydroxylation is 1. The minimum absolute atomic E-state index is 0.516. The third-order valence-electron chi connectivity index (χ3n) is 3.14. The van der Waals surface area contributed by atoms with Crippen LogP contribution in [0.25, 0.3) is 0 Å². The van der Waals surface area contributed by atoms with Crippen LogP contribution in [0.2, 0.25) is 0 Å². The van der Waals surface area contributed by atoms with E-state index in [1.54, 1.807) is 0 Å². The smallest absolute Gasteiger partial charge is 0.144 e. The van der Waals surface area contributed by atoms with Crippen molar-refractivity contribution in [2.24, 2.45) is 0 Å². The molecular formula is C15H24N4. The Hall–Kier alpha value is -1.60. The zero-order valence-corrected chi connectivity index (χ0v) is 12.6. The van der Waals surface area contributed by atoms with E-state index < -0.39 is 0 Å². The molecule has 19 heavy (non-hydrogen) atoms. The lowest BCUT2D eigenvalue weighted by atomic mass is 10.2. The molecule has 0 aliphatic carbocycles. The van der Waals surface area contributed by atoms with Crippen LogP contribution in [0.15, 0.2) is 12.1 Å². The standard InChI is InChI=1S/C15H24N4/c1-11(2)19(12(3)4)9-8-17-15-14(10-16)7-6-13(5)18-15/h6-7,11-12H,8-9H2,1-5H3,(H,17,18). The van der Waals surface area contributed by atoms with Gasteiger partial charge in [-0.1, -0.05) is 0 Å². The highest BCUT2D eigenvalue weighted by molar-refractivity contribution is 5.52. The predicted octanol–water partition coefficient (Wildman–Crippen LogP) is 2.79. The average Bonchev–Trinajstić information content (AvgIpc) is 2.33. The molecule has 0 bridgehead atoms. The van der Waals surface area contributed by atoms with Gasteiger partial charge in [0.1, 0.15) is 11.9 Å². The minimum Gasteiger partial charge on any atom is -0.368 e. The number of nitriles is 1. The first-order chi connectivity index (χ1) is 8.95. The molecule has 1 rings (SSSR count). The van der Waals surface area contributed by atoms with Crippen molar-refractivity contribution < 1.29 is 0 Å². The molecule has 0 fully saturated rings. The van der Waals surface area contributed by atoms with Crippen molar-refractivity contribution in [1.29, 1.82) is 5.26 Å². The summed E-state index contributed by atoms with van der Waals surface area (Å²) in [6.07, 6.45) is 0. The maximum atomic E-state index is 9.05. The van der Waals surface area contributed by atoms with Gasteiger partial charge in [-0.2, -0.15) is 5.26 Å². The third kappa shape index (κ3) is 4.53. The second-order valence-corrected chi connectivity index (χ2v) is 5.31. The lowest BCUT2D eigenvalue weighted by Gasteiger charge is -2.30. The van der Waals surface area contributed by atoms with Crippen molar-refractivity contribution in [3.8, 4) is 6.07 Å². The molecule has 0 unspecified atom stereocenters. The van der Waals surface area contributed by atoms with Crippen LogP contribution in [0.1, 0.15) is 39.0 Å². The molecule has 0 aliphatic rings. The van der Waals surface area contributed by atoms with E-state index in [9.17, 15) is 0 Å². The van der Waals surface area contributed by atoms with Crippen molar-refractivity contribution in [2.45, 2.75) is 46.7 Å². The van der Waals surface area contributed by atoms with Gasteiger partial charge in [-0.25, -0.2) is 4.98 Å². The highest BCUT2D eigenvalue weighted by atomic mass is 15.2. The normalized spacial score (nSPS) is 11.1. The minimum atomic E-state index is 0.516. The number of hydrogen-bond acceptors (Lipinski definition) is 4. The first kappa shape index (κ1) is 15.5. The summed E-state index contributed by atoms with van der Waals surface area (Å²) < 4.78 is 0. The van der Waals surface area contributed by atoms with Crippen molar-refractivity contribution in [3.63, 3.8) is 0 Å². The van der Waals surface area contributed by atoms with Crippen molar-refractivity contribution >= 4 is 5.82 Å². The van der Waals surface area contributed by atoms with Gasteiger partial charge in [0.05, 0.1) is 5.56 Å². The maximum Gasteiger partial charge on any atom is 0.144 e. The summed E-state index contributed by atoms with van der Waals surface area (Å²) in [5, 5.41) is 12.3. The van der Waals surface area contributed by atoms with Gasteiger partial charge in [0.2, 0.25) is 0 Å². The zero-order valence-electron chi connectivity index (χ0n) is 12.6. The molecule has 0 spiro atoms. The molecule has 0 radical (unpaired) electrons. The van der Waals surface area contributed by atoms with Gasteiger partial charge in [-0.05, 0) is 46.8 Å². The third-order valence-corrected chi connectivity index (χ3v) is 3.14. The Morgan fingerprint density at radius 2 is 1.89 bits per heavy atom. The van der Waals surface area contributed by atoms with E-state index >= 15 is 0 Å². The van der Waals surface area contributed by atoms with E-state index in [1.165, 1.54) is 0 Å².